The zero-order valence-corrected chi connectivity index (χ0v) is 74.2. The molecule has 0 bridgehead atoms. The number of hydrogen-bond donors (Lipinski definition) is 16. The highest BCUT2D eigenvalue weighted by Crippen LogP contribution is 2.28. The van der Waals surface area contributed by atoms with Crippen LogP contribution in [-0.2, 0) is 101 Å². The number of hydrogen-bond acceptors (Lipinski definition) is 21. The van der Waals surface area contributed by atoms with E-state index in [9.17, 15) is 62.6 Å². The molecule has 3 aromatic heterocycles. The quantitative estimate of drug-likeness (QED) is 0.0209. The van der Waals surface area contributed by atoms with Gasteiger partial charge in [0.05, 0.1) is 55.7 Å². The van der Waals surface area contributed by atoms with Gasteiger partial charge in [-0.3, -0.25) is 86.9 Å². The number of fused-ring (bicyclic) bond motifs is 3. The Kier molecular flexibility index (Phi) is 39.3. The molecular formula is C86H125N21O18S. The van der Waals surface area contributed by atoms with Crippen molar-refractivity contribution in [1.82, 2.24) is 87.0 Å². The van der Waals surface area contributed by atoms with Gasteiger partial charge in [0.25, 0.3) is 0 Å². The summed E-state index contributed by atoms with van der Waals surface area (Å²) >= 11 is 0.853. The number of guanidine groups is 1. The SMILES string of the molecule is CCCC[C@H]1C(=O)N(C)[C@@H](CCCC)C(=O)C[C@@H](CCCNC(=N)N)C(=O)N[C@H](C(=O)CCC(N)=O)CSCC(=O)N[C@@H](C)C(=O)N(C)[C@@H](C)C(=O)N[C@@H](CC(N)=O)C(=O)N2CCCC2C(=O)C[C@@H](Cc2cnc[nH]2)C(=O)N[C@@H](CC(C)C)C(=O)N(C)CC(=O)N[C@@H](Cc2c[nH]c3ccccc23)C(=O)N[C@@H](CO)C(=O)N[C@@H](Cc2c[nH]c3ccccc23)C(=O)N1C. The fourth-order valence-electron chi connectivity index (χ4n) is 15.7. The monoisotopic (exact) mass is 1770 g/mol. The number of para-hydroxylation sites is 2. The number of benzene rings is 2. The van der Waals surface area contributed by atoms with Crippen molar-refractivity contribution >= 4 is 140 Å². The van der Waals surface area contributed by atoms with Crippen LogP contribution in [0.5, 0.6) is 0 Å². The number of carbonyl (C=O) groups excluding carboxylic acids is 17. The van der Waals surface area contributed by atoms with Gasteiger partial charge in [0.1, 0.15) is 48.3 Å². The molecule has 2 fully saturated rings. The first-order chi connectivity index (χ1) is 59.9. The minimum Gasteiger partial charge on any atom is -0.394 e. The molecule has 39 nitrogen and oxygen atoms in total. The Hall–Kier alpha value is -12.1. The van der Waals surface area contributed by atoms with E-state index in [-0.39, 0.29) is 94.9 Å². The van der Waals surface area contributed by atoms with Gasteiger partial charge >= 0.3 is 0 Å². The Morgan fingerprint density at radius 1 is 0.587 bits per heavy atom. The average molecular weight is 1770 g/mol. The van der Waals surface area contributed by atoms with Crippen LogP contribution in [0.25, 0.3) is 21.8 Å². The number of unbranched alkanes of at least 4 members (excludes halogenated alkanes) is 2. The molecular weight excluding hydrogens is 1650 g/mol. The molecule has 13 atom stereocenters. The number of aliphatic hydroxyl groups is 1. The molecule has 5 heterocycles. The second-order valence-electron chi connectivity index (χ2n) is 33.0. The number of aromatic amines is 3. The number of rotatable bonds is 25. The van der Waals surface area contributed by atoms with Gasteiger partial charge in [-0.15, -0.1) is 11.8 Å². The van der Waals surface area contributed by atoms with E-state index in [0.717, 1.165) is 21.6 Å². The maximum atomic E-state index is 15.7. The second kappa shape index (κ2) is 49.0. The molecule has 2 aliphatic rings. The van der Waals surface area contributed by atoms with E-state index in [1.807, 2.05) is 13.8 Å². The van der Waals surface area contributed by atoms with Gasteiger partial charge in [0.2, 0.25) is 82.7 Å². The Balaban J connectivity index is 1.28. The van der Waals surface area contributed by atoms with Crippen LogP contribution in [0, 0.1) is 23.2 Å². The molecule has 2 aromatic carbocycles. The average Bonchev–Trinajstić information content (AvgIpc) is 1.43. The van der Waals surface area contributed by atoms with Crippen molar-refractivity contribution in [3.05, 3.63) is 90.3 Å². The lowest BCUT2D eigenvalue weighted by molar-refractivity contribution is -0.149. The van der Waals surface area contributed by atoms with Crippen LogP contribution in [0.2, 0.25) is 0 Å². The number of H-pyrrole nitrogens is 3. The van der Waals surface area contributed by atoms with E-state index in [2.05, 4.69) is 62.5 Å². The van der Waals surface area contributed by atoms with Gasteiger partial charge in [-0.2, -0.15) is 0 Å². The van der Waals surface area contributed by atoms with Crippen molar-refractivity contribution in [3.8, 4) is 0 Å². The normalized spacial score (nSPS) is 24.3. The lowest BCUT2D eigenvalue weighted by atomic mass is 9.90. The number of nitrogens with one attached hydrogen (secondary N) is 12. The fourth-order valence-corrected chi connectivity index (χ4v) is 16.5. The second-order valence-corrected chi connectivity index (χ2v) is 34.0. The minimum absolute atomic E-state index is 0.0110. The third-order valence-corrected chi connectivity index (χ3v) is 23.9. The van der Waals surface area contributed by atoms with Crippen molar-refractivity contribution in [2.24, 2.45) is 35.0 Å². The number of carbonyl (C=O) groups is 17. The summed E-state index contributed by atoms with van der Waals surface area (Å²) in [6, 6.07) is -1.60. The van der Waals surface area contributed by atoms with E-state index < -0.39 is 229 Å². The highest BCUT2D eigenvalue weighted by atomic mass is 32.2. The van der Waals surface area contributed by atoms with Gasteiger partial charge in [0.15, 0.2) is 23.3 Å². The Bertz CT molecular complexity index is 4690. The zero-order valence-electron chi connectivity index (χ0n) is 73.4. The first-order valence-corrected chi connectivity index (χ1v) is 44.0. The molecule has 7 rings (SSSR count). The number of amides is 14. The maximum absolute atomic E-state index is 15.7. The highest BCUT2D eigenvalue weighted by Gasteiger charge is 2.44. The first kappa shape index (κ1) is 101. The third kappa shape index (κ3) is 29.3. The number of nitrogens with zero attached hydrogens (tertiary/aromatic N) is 6. The van der Waals surface area contributed by atoms with Crippen molar-refractivity contribution in [2.45, 2.75) is 230 Å². The molecule has 2 aliphatic heterocycles. The lowest BCUT2D eigenvalue weighted by Crippen LogP contribution is -2.60. The van der Waals surface area contributed by atoms with E-state index in [1.165, 1.54) is 69.3 Å². The summed E-state index contributed by atoms with van der Waals surface area (Å²) in [6.45, 7) is 8.19. The summed E-state index contributed by atoms with van der Waals surface area (Å²) < 4.78 is 0. The van der Waals surface area contributed by atoms with Crippen LogP contribution in [0.4, 0.5) is 0 Å². The van der Waals surface area contributed by atoms with Crippen LogP contribution in [0.1, 0.15) is 161 Å². The molecule has 688 valence electrons. The summed E-state index contributed by atoms with van der Waals surface area (Å²) in [5, 5.41) is 41.6. The van der Waals surface area contributed by atoms with Gasteiger partial charge in [-0.25, -0.2) is 4.98 Å². The molecule has 19 N–H and O–H groups in total. The van der Waals surface area contributed by atoms with Gasteiger partial charge in [-0.05, 0) is 88.0 Å². The largest absolute Gasteiger partial charge is 0.394 e. The smallest absolute Gasteiger partial charge is 0.246 e. The number of imidazole rings is 1. The molecule has 0 aliphatic carbocycles. The van der Waals surface area contributed by atoms with Crippen LogP contribution < -0.4 is 59.7 Å². The van der Waals surface area contributed by atoms with Crippen molar-refractivity contribution in [2.75, 3.05) is 65.9 Å². The van der Waals surface area contributed by atoms with Crippen LogP contribution in [0.3, 0.4) is 0 Å². The Morgan fingerprint density at radius 2 is 1.17 bits per heavy atom. The fraction of sp³-hybridized carbons (Fsp3) is 0.570. The third-order valence-electron chi connectivity index (χ3n) is 22.8. The first-order valence-electron chi connectivity index (χ1n) is 42.8. The summed E-state index contributed by atoms with van der Waals surface area (Å²) in [5.41, 5.74) is 19.6. The number of aromatic nitrogens is 4. The van der Waals surface area contributed by atoms with Crippen molar-refractivity contribution < 1.29 is 86.6 Å². The molecule has 0 spiro atoms. The number of ketones is 3. The predicted molar refractivity (Wildman–Crippen MR) is 469 cm³/mol. The summed E-state index contributed by atoms with van der Waals surface area (Å²) in [6.07, 6.45) is 5.19. The Labute approximate surface area is 736 Å². The van der Waals surface area contributed by atoms with Crippen LogP contribution in [0.15, 0.2) is 73.4 Å². The van der Waals surface area contributed by atoms with Gasteiger partial charge in [0, 0.05) is 144 Å². The summed E-state index contributed by atoms with van der Waals surface area (Å²) in [4.78, 5) is 265. The van der Waals surface area contributed by atoms with Gasteiger partial charge < -0.3 is 104 Å². The number of Topliss-reactive ketones (excluding diaryl/α,β-unsaturated/α-hetero) is 3. The number of nitrogens with two attached hydrogens (primary N) is 3. The predicted octanol–water partition coefficient (Wildman–Crippen LogP) is 0.0537. The summed E-state index contributed by atoms with van der Waals surface area (Å²) in [7, 11) is 5.33. The molecule has 126 heavy (non-hydrogen) atoms. The molecule has 1 unspecified atom stereocenters. The Morgan fingerprint density at radius 3 is 1.76 bits per heavy atom. The molecule has 0 radical (unpaired) electrons. The van der Waals surface area contributed by atoms with E-state index >= 15 is 24.0 Å². The summed E-state index contributed by atoms with van der Waals surface area (Å²) in [5.74, 6) is -17.8. The number of likely N-dealkylation sites (N-methyl/N-ethyl adjacent to an activating group) is 4. The van der Waals surface area contributed by atoms with E-state index in [1.54, 1.807) is 74.8 Å². The van der Waals surface area contributed by atoms with Crippen molar-refractivity contribution in [3.63, 3.8) is 0 Å². The molecule has 14 amide bonds. The number of aliphatic hydroxyl groups excluding tert-OH is 1. The number of primary amides is 2. The lowest BCUT2D eigenvalue weighted by Gasteiger charge is -2.36. The topological polar surface area (TPSA) is 585 Å². The van der Waals surface area contributed by atoms with E-state index in [4.69, 9.17) is 22.6 Å². The number of thioether (sulfide) groups is 1. The molecule has 2 saturated heterocycles. The zero-order chi connectivity index (χ0) is 92.8. The molecule has 40 heteroatoms. The van der Waals surface area contributed by atoms with E-state index in [0.29, 0.717) is 64.3 Å². The van der Waals surface area contributed by atoms with Gasteiger partial charge in [-0.1, -0.05) is 89.8 Å². The minimum atomic E-state index is -1.83. The standard InChI is InChI=1S/C86H125N21O18S/c1-11-13-26-66-70(110)37-51(21-19-31-92-86(89)90)77(117)102-65(69(109)29-30-72(87)112)45-126-46-75(115)96-49(5)81(121)104(8)50(6)76(116)98-63(39-73(88)113)84(124)107-32-20-28-67(107)71(111)38-52(34-55-42-91-47-95-55)78(118)99-61(33-48(3)4)82(122)103(7)43-74(114)97-60(35-53-40-93-58-24-17-15-22-56(53)58)79(119)101-64(44-108)80(120)100-62(36-54-41-94-59-25-18-16-23-57(54)59)83(123)106(10)68(27-14-12-2)85(125)105(66)9/h15-18,22-25,40-42,47-52,60-68,93-94,108H,11-14,19-21,26-39,43-46H2,1-10H3,(H2,87,112)(H2,88,113)(H,91,95)(H,96,115)(H,97,114)(H,98,116)(H,99,118)(H,100,120)(H,101,119)(H,102,117)(H4,89,90,92)/t49-,50-,51+,52+,60-,61-,62-,63-,64-,65-,66-,67?,68-/m0/s1. The van der Waals surface area contributed by atoms with Crippen LogP contribution >= 0.6 is 11.8 Å². The van der Waals surface area contributed by atoms with Crippen LogP contribution in [-0.4, -0.2) is 288 Å². The maximum Gasteiger partial charge on any atom is 0.246 e. The molecule has 5 aromatic rings. The molecule has 0 saturated carbocycles. The van der Waals surface area contributed by atoms with Crippen molar-refractivity contribution in [1.29, 1.82) is 5.41 Å². The highest BCUT2D eigenvalue weighted by molar-refractivity contribution is 8.00.